The third-order valence-corrected chi connectivity index (χ3v) is 7.45. The lowest BCUT2D eigenvalue weighted by atomic mass is 10.1. The first-order valence-electron chi connectivity index (χ1n) is 15.1. The summed E-state index contributed by atoms with van der Waals surface area (Å²) in [6.07, 6.45) is 3.48. The molecule has 0 amide bonds. The lowest BCUT2D eigenvalue weighted by molar-refractivity contribution is 0.240. The predicted molar refractivity (Wildman–Crippen MR) is 250 cm³/mol. The first-order chi connectivity index (χ1) is 19.6. The Bertz CT molecular complexity index is 775. The number of halogens is 12. The fourth-order valence-corrected chi connectivity index (χ4v) is 5.10. The molecule has 2 heterocycles. The summed E-state index contributed by atoms with van der Waals surface area (Å²) in [6.45, 7) is 11.6. The summed E-state index contributed by atoms with van der Waals surface area (Å²) in [4.78, 5) is 3.74. The predicted octanol–water partition coefficient (Wildman–Crippen LogP) is 2.30. The van der Waals surface area contributed by atoms with Crippen molar-refractivity contribution in [2.24, 2.45) is 0 Å². The van der Waals surface area contributed by atoms with Gasteiger partial charge in [0.1, 0.15) is 0 Å². The smallest absolute Gasteiger partial charge is 0.166 e. The molecular weight excluding hydrogens is 1230 g/mol. The Hall–Kier alpha value is 2.30. The first-order valence-corrected chi connectivity index (χ1v) is 15.1. The van der Waals surface area contributed by atoms with Crippen molar-refractivity contribution in [3.05, 3.63) is 34.4 Å². The fraction of sp³-hybridized carbons (Fsp3) is 0.786. The Morgan fingerprint density at radius 1 is 0.327 bits per heavy atom. The monoisotopic (exact) mass is 1290 g/mol. The van der Waals surface area contributed by atoms with Crippen LogP contribution in [0.2, 0.25) is 0 Å². The normalized spacial score (nSPS) is 16.8. The summed E-state index contributed by atoms with van der Waals surface area (Å²) in [6, 6.07) is 0. The molecule has 24 heteroatoms. The van der Waals surface area contributed by atoms with E-state index in [-0.39, 0.29) is 171 Å². The molecule has 2 saturated heterocycles. The Morgan fingerprint density at radius 3 is 0.827 bits per heavy atom. The molecule has 0 radical (unpaired) electrons. The van der Waals surface area contributed by atoms with Crippen molar-refractivity contribution in [3.8, 4) is 0 Å². The van der Waals surface area contributed by atoms with Gasteiger partial charge in [-0.1, -0.05) is 0 Å². The fourth-order valence-electron chi connectivity index (χ4n) is 5.10. The molecule has 0 bridgehead atoms. The molecule has 0 aliphatic carbocycles. The lowest BCUT2D eigenvalue weighted by Gasteiger charge is -2.26. The highest BCUT2D eigenvalue weighted by atomic mass is 79.9. The Labute approximate surface area is 391 Å². The van der Waals surface area contributed by atoms with Gasteiger partial charge in [0.25, 0.3) is 0 Å². The lowest BCUT2D eigenvalue weighted by Crippen LogP contribution is -2.37. The third-order valence-electron chi connectivity index (χ3n) is 7.45. The van der Waals surface area contributed by atoms with E-state index in [0.29, 0.717) is 39.3 Å². The quantitative estimate of drug-likeness (QED) is 0.195. The SMILES string of the molecule is Br.Br.Br.Br.Br.Br.Br.Br.Fc1c(F)c(CN2CCCNCCNCCCNCC2)c(F)c(F)c1CN1CCCNCCNCCCNCC1.O.O.O.O. The van der Waals surface area contributed by atoms with Gasteiger partial charge in [-0.15, -0.1) is 136 Å². The van der Waals surface area contributed by atoms with Crippen LogP contribution in [0.15, 0.2) is 0 Å². The van der Waals surface area contributed by atoms with E-state index in [9.17, 15) is 0 Å². The van der Waals surface area contributed by atoms with Crippen LogP contribution in [0.3, 0.4) is 0 Å². The van der Waals surface area contributed by atoms with Crippen molar-refractivity contribution in [2.45, 2.75) is 38.8 Å². The van der Waals surface area contributed by atoms with E-state index in [1.54, 1.807) is 0 Å². The van der Waals surface area contributed by atoms with Gasteiger partial charge in [0.15, 0.2) is 23.3 Å². The molecule has 1 aromatic rings. The molecule has 52 heavy (non-hydrogen) atoms. The number of hydrogen-bond donors (Lipinski definition) is 6. The number of benzene rings is 1. The third kappa shape index (κ3) is 31.3. The van der Waals surface area contributed by atoms with Crippen LogP contribution in [-0.2, 0) is 13.1 Å². The van der Waals surface area contributed by atoms with Crippen LogP contribution >= 0.6 is 136 Å². The molecule has 0 atom stereocenters. The number of hydrogen-bond acceptors (Lipinski definition) is 8. The second kappa shape index (κ2) is 49.4. The summed E-state index contributed by atoms with van der Waals surface area (Å²) in [5, 5.41) is 20.1. The average molecular weight is 1290 g/mol. The summed E-state index contributed by atoms with van der Waals surface area (Å²) in [5.74, 6) is -5.11. The van der Waals surface area contributed by atoms with Gasteiger partial charge in [0.05, 0.1) is 0 Å². The second-order valence-electron chi connectivity index (χ2n) is 10.7. The van der Waals surface area contributed by atoms with Gasteiger partial charge in [-0.05, 0) is 78.0 Å². The van der Waals surface area contributed by atoms with Gasteiger partial charge in [-0.25, -0.2) is 17.6 Å². The van der Waals surface area contributed by atoms with Crippen LogP contribution in [0.25, 0.3) is 0 Å². The maximum absolute atomic E-state index is 15.3. The maximum Gasteiger partial charge on any atom is 0.166 e. The van der Waals surface area contributed by atoms with Crippen molar-refractivity contribution < 1.29 is 39.5 Å². The van der Waals surface area contributed by atoms with Crippen molar-refractivity contribution in [3.63, 3.8) is 0 Å². The highest BCUT2D eigenvalue weighted by molar-refractivity contribution is 8.93. The first kappa shape index (κ1) is 78.6. The minimum Gasteiger partial charge on any atom is -0.412 e. The molecular formula is C28H66Br8F4N8O4. The zero-order chi connectivity index (χ0) is 28.4. The number of rotatable bonds is 4. The second-order valence-corrected chi connectivity index (χ2v) is 10.7. The largest absolute Gasteiger partial charge is 0.412 e. The van der Waals surface area contributed by atoms with E-state index in [1.165, 1.54) is 0 Å². The molecule has 0 saturated carbocycles. The van der Waals surface area contributed by atoms with Gasteiger partial charge in [0, 0.05) is 76.6 Å². The molecule has 2 aliphatic heterocycles. The Balaban J connectivity index is -0.000000184. The van der Waals surface area contributed by atoms with Crippen molar-refractivity contribution in [1.29, 1.82) is 0 Å². The van der Waals surface area contributed by atoms with E-state index in [4.69, 9.17) is 0 Å². The number of nitrogens with zero attached hydrogens (tertiary/aromatic N) is 2. The maximum atomic E-state index is 15.3. The molecule has 1 aromatic carbocycles. The number of nitrogens with one attached hydrogen (secondary N) is 6. The van der Waals surface area contributed by atoms with Gasteiger partial charge < -0.3 is 53.8 Å². The topological polar surface area (TPSA) is 205 Å². The van der Waals surface area contributed by atoms with Crippen LogP contribution in [0.1, 0.15) is 36.8 Å². The molecule has 0 spiro atoms. The zero-order valence-electron chi connectivity index (χ0n) is 29.2. The van der Waals surface area contributed by atoms with Gasteiger partial charge in [-0.2, -0.15) is 0 Å². The van der Waals surface area contributed by atoms with Gasteiger partial charge >= 0.3 is 0 Å². The highest BCUT2D eigenvalue weighted by Crippen LogP contribution is 2.26. The molecule has 3 rings (SSSR count). The van der Waals surface area contributed by atoms with Crippen LogP contribution in [0.5, 0.6) is 0 Å². The van der Waals surface area contributed by atoms with Crippen LogP contribution < -0.4 is 31.9 Å². The minimum absolute atomic E-state index is 0. The molecule has 2 aliphatic rings. The Kier molecular flexibility index (Phi) is 74.7. The molecule has 326 valence electrons. The van der Waals surface area contributed by atoms with Crippen molar-refractivity contribution in [2.75, 3.05) is 105 Å². The standard InChI is InChI=1S/C28H50F4N8.8BrH.4H2O/c29-25-23(21-39-17-3-9-35-13-11-33-5-1-7-37-15-19-39)26(30)28(32)24(27(25)31)22-40-18-4-10-36-14-12-34-6-2-8-38-16-20-40;;;;;;;;;;;;/h33-38H,1-22H2;8*1H;4*1H2. The Morgan fingerprint density at radius 2 is 0.558 bits per heavy atom. The van der Waals surface area contributed by atoms with Gasteiger partial charge in [0.2, 0.25) is 0 Å². The van der Waals surface area contributed by atoms with E-state index in [1.807, 2.05) is 9.80 Å². The average Bonchev–Trinajstić information content (AvgIpc) is 2.95. The summed E-state index contributed by atoms with van der Waals surface area (Å²) >= 11 is 0. The van der Waals surface area contributed by atoms with Crippen molar-refractivity contribution >= 4 is 136 Å². The molecule has 0 aromatic heterocycles. The van der Waals surface area contributed by atoms with E-state index in [2.05, 4.69) is 31.9 Å². The van der Waals surface area contributed by atoms with E-state index < -0.39 is 34.4 Å². The highest BCUT2D eigenvalue weighted by Gasteiger charge is 2.27. The van der Waals surface area contributed by atoms with E-state index in [0.717, 1.165) is 91.1 Å². The van der Waals surface area contributed by atoms with Crippen LogP contribution in [-0.4, -0.2) is 136 Å². The summed E-state index contributed by atoms with van der Waals surface area (Å²) in [7, 11) is 0. The van der Waals surface area contributed by atoms with Gasteiger partial charge in [-0.3, -0.25) is 9.80 Å². The molecule has 2 fully saturated rings. The molecule has 12 nitrogen and oxygen atoms in total. The van der Waals surface area contributed by atoms with Crippen LogP contribution in [0, 0.1) is 23.3 Å². The van der Waals surface area contributed by atoms with Crippen LogP contribution in [0.4, 0.5) is 17.6 Å². The molecule has 0 unspecified atom stereocenters. The summed E-state index contributed by atoms with van der Waals surface area (Å²) < 4.78 is 61.3. The van der Waals surface area contributed by atoms with E-state index >= 15 is 17.6 Å². The minimum atomic E-state index is -1.28. The van der Waals surface area contributed by atoms with Crippen molar-refractivity contribution in [1.82, 2.24) is 41.7 Å². The summed E-state index contributed by atoms with van der Waals surface area (Å²) in [5.41, 5.74) is -1.06. The molecule has 14 N–H and O–H groups in total. The zero-order valence-corrected chi connectivity index (χ0v) is 42.9.